The Morgan fingerprint density at radius 2 is 1.69 bits per heavy atom. The lowest BCUT2D eigenvalue weighted by Gasteiger charge is -2.27. The average Bonchev–Trinajstić information content (AvgIpc) is 3.11. The van der Waals surface area contributed by atoms with Gasteiger partial charge in [-0.05, 0) is 11.1 Å². The molecular formula is C22H24N2O2. The van der Waals surface area contributed by atoms with Gasteiger partial charge in [0.1, 0.15) is 11.5 Å². The van der Waals surface area contributed by atoms with Crippen LogP contribution >= 0.6 is 0 Å². The summed E-state index contributed by atoms with van der Waals surface area (Å²) in [5, 5.41) is 4.53. The molecule has 1 aromatic heterocycles. The molecule has 26 heavy (non-hydrogen) atoms. The lowest BCUT2D eigenvalue weighted by atomic mass is 9.85. The van der Waals surface area contributed by atoms with E-state index in [1.165, 1.54) is 16.7 Å². The van der Waals surface area contributed by atoms with Crippen LogP contribution in [0, 0.1) is 0 Å². The molecule has 1 aliphatic heterocycles. The van der Waals surface area contributed by atoms with E-state index in [-0.39, 0.29) is 5.92 Å². The van der Waals surface area contributed by atoms with Gasteiger partial charge in [-0.25, -0.2) is 0 Å². The van der Waals surface area contributed by atoms with Gasteiger partial charge in [0.25, 0.3) is 0 Å². The molecule has 4 heteroatoms. The molecule has 134 valence electrons. The van der Waals surface area contributed by atoms with Gasteiger partial charge >= 0.3 is 0 Å². The Hall–Kier alpha value is -2.43. The molecule has 0 N–H and O–H groups in total. The molecule has 0 aliphatic carbocycles. The number of fused-ring (bicyclic) bond motifs is 1. The van der Waals surface area contributed by atoms with Crippen molar-refractivity contribution in [1.29, 1.82) is 0 Å². The molecule has 0 fully saturated rings. The average molecular weight is 348 g/mol. The first-order valence-electron chi connectivity index (χ1n) is 9.15. The summed E-state index contributed by atoms with van der Waals surface area (Å²) in [6.45, 7) is 3.54. The minimum Gasteiger partial charge on any atom is -0.383 e. The van der Waals surface area contributed by atoms with Crippen LogP contribution in [0.3, 0.4) is 0 Å². The predicted molar refractivity (Wildman–Crippen MR) is 101 cm³/mol. The highest BCUT2D eigenvalue weighted by Crippen LogP contribution is 2.36. The molecular weight excluding hydrogens is 324 g/mol. The van der Waals surface area contributed by atoms with Crippen molar-refractivity contribution >= 4 is 0 Å². The summed E-state index contributed by atoms with van der Waals surface area (Å²) in [4.78, 5) is 2.42. The summed E-state index contributed by atoms with van der Waals surface area (Å²) >= 11 is 0. The molecule has 0 amide bonds. The van der Waals surface area contributed by atoms with Crippen molar-refractivity contribution in [1.82, 2.24) is 10.1 Å². The van der Waals surface area contributed by atoms with Crippen LogP contribution < -0.4 is 0 Å². The second kappa shape index (κ2) is 7.85. The fourth-order valence-corrected chi connectivity index (χ4v) is 3.72. The molecule has 4 nitrogen and oxygen atoms in total. The van der Waals surface area contributed by atoms with Crippen molar-refractivity contribution < 1.29 is 9.26 Å². The Morgan fingerprint density at radius 1 is 1.04 bits per heavy atom. The first kappa shape index (κ1) is 17.0. The van der Waals surface area contributed by atoms with Gasteiger partial charge in [-0.15, -0.1) is 0 Å². The highest BCUT2D eigenvalue weighted by atomic mass is 16.5. The topological polar surface area (TPSA) is 38.5 Å². The van der Waals surface area contributed by atoms with Crippen LogP contribution in [0.5, 0.6) is 0 Å². The highest BCUT2D eigenvalue weighted by molar-refractivity contribution is 5.44. The Morgan fingerprint density at radius 3 is 2.31 bits per heavy atom. The number of hydrogen-bond donors (Lipinski definition) is 0. The molecule has 2 heterocycles. The summed E-state index contributed by atoms with van der Waals surface area (Å²) < 4.78 is 11.0. The number of hydrogen-bond acceptors (Lipinski definition) is 4. The number of aromatic nitrogens is 1. The predicted octanol–water partition coefficient (Wildman–Crippen LogP) is 3.86. The van der Waals surface area contributed by atoms with Crippen molar-refractivity contribution in [2.24, 2.45) is 0 Å². The molecule has 0 unspecified atom stereocenters. The van der Waals surface area contributed by atoms with Gasteiger partial charge in [-0.1, -0.05) is 65.8 Å². The third kappa shape index (κ3) is 3.43. The maximum absolute atomic E-state index is 5.76. The van der Waals surface area contributed by atoms with E-state index in [0.717, 1.165) is 44.1 Å². The van der Waals surface area contributed by atoms with E-state index in [9.17, 15) is 0 Å². The quantitative estimate of drug-likeness (QED) is 0.678. The number of methoxy groups -OCH3 is 1. The lowest BCUT2D eigenvalue weighted by molar-refractivity contribution is 0.137. The smallest absolute Gasteiger partial charge is 0.142 e. The van der Waals surface area contributed by atoms with Gasteiger partial charge in [-0.3, -0.25) is 4.90 Å². The fourth-order valence-electron chi connectivity index (χ4n) is 3.72. The van der Waals surface area contributed by atoms with E-state index in [2.05, 4.69) is 70.7 Å². The summed E-state index contributed by atoms with van der Waals surface area (Å²) in [5.41, 5.74) is 4.76. The minimum atomic E-state index is 0.0901. The van der Waals surface area contributed by atoms with Crippen LogP contribution in [-0.2, 0) is 17.7 Å². The van der Waals surface area contributed by atoms with E-state index in [1.54, 1.807) is 7.11 Å². The fraction of sp³-hybridized carbons (Fsp3) is 0.318. The zero-order chi connectivity index (χ0) is 17.8. The Bertz CT molecular complexity index is 790. The lowest BCUT2D eigenvalue weighted by Crippen LogP contribution is -2.33. The normalized spacial score (nSPS) is 14.5. The number of ether oxygens (including phenoxy) is 1. The number of rotatable bonds is 6. The van der Waals surface area contributed by atoms with E-state index in [4.69, 9.17) is 9.26 Å². The van der Waals surface area contributed by atoms with E-state index < -0.39 is 0 Å². The van der Waals surface area contributed by atoms with Gasteiger partial charge in [0, 0.05) is 38.7 Å². The summed E-state index contributed by atoms with van der Waals surface area (Å²) in [6, 6.07) is 21.1. The molecule has 0 atom stereocenters. The van der Waals surface area contributed by atoms with Crippen LogP contribution in [0.15, 0.2) is 65.2 Å². The number of nitrogens with zero attached hydrogens (tertiary/aromatic N) is 2. The van der Waals surface area contributed by atoms with Crippen molar-refractivity contribution in [3.8, 4) is 0 Å². The Labute approximate surface area is 154 Å². The van der Waals surface area contributed by atoms with Crippen molar-refractivity contribution in [2.45, 2.75) is 18.9 Å². The zero-order valence-electron chi connectivity index (χ0n) is 15.1. The molecule has 0 saturated carbocycles. The SMILES string of the molecule is COCCN1CCc2onc(C(c3ccccc3)c3ccccc3)c2C1. The Kier molecular flexibility index (Phi) is 5.14. The van der Waals surface area contributed by atoms with E-state index in [1.807, 2.05) is 0 Å². The van der Waals surface area contributed by atoms with Gasteiger partial charge in [0.15, 0.2) is 0 Å². The van der Waals surface area contributed by atoms with Crippen molar-refractivity contribution in [3.63, 3.8) is 0 Å². The molecule has 3 aromatic rings. The van der Waals surface area contributed by atoms with E-state index >= 15 is 0 Å². The third-order valence-electron chi connectivity index (χ3n) is 5.09. The molecule has 2 aromatic carbocycles. The molecule has 0 saturated heterocycles. The zero-order valence-corrected chi connectivity index (χ0v) is 15.1. The van der Waals surface area contributed by atoms with Crippen LogP contribution in [0.1, 0.15) is 34.1 Å². The van der Waals surface area contributed by atoms with Crippen LogP contribution in [0.2, 0.25) is 0 Å². The first-order chi connectivity index (χ1) is 12.9. The molecule has 1 aliphatic rings. The van der Waals surface area contributed by atoms with Crippen LogP contribution in [-0.4, -0.2) is 36.9 Å². The van der Waals surface area contributed by atoms with Crippen LogP contribution in [0.4, 0.5) is 0 Å². The van der Waals surface area contributed by atoms with Crippen LogP contribution in [0.25, 0.3) is 0 Å². The standard InChI is InChI=1S/C22H24N2O2/c1-25-15-14-24-13-12-20-19(16-24)22(23-26-20)21(17-8-4-2-5-9-17)18-10-6-3-7-11-18/h2-11,21H,12-16H2,1H3. The van der Waals surface area contributed by atoms with E-state index in [0.29, 0.717) is 0 Å². The van der Waals surface area contributed by atoms with Crippen molar-refractivity contribution in [3.05, 3.63) is 88.8 Å². The van der Waals surface area contributed by atoms with Gasteiger partial charge in [0.2, 0.25) is 0 Å². The molecule has 0 radical (unpaired) electrons. The summed E-state index contributed by atoms with van der Waals surface area (Å²) in [6.07, 6.45) is 0.905. The van der Waals surface area contributed by atoms with Gasteiger partial charge in [0.05, 0.1) is 12.5 Å². The molecule has 4 rings (SSSR count). The maximum atomic E-state index is 5.76. The second-order valence-corrected chi connectivity index (χ2v) is 6.74. The largest absolute Gasteiger partial charge is 0.383 e. The summed E-state index contributed by atoms with van der Waals surface area (Å²) in [7, 11) is 1.75. The first-order valence-corrected chi connectivity index (χ1v) is 9.15. The highest BCUT2D eigenvalue weighted by Gasteiger charge is 2.29. The monoisotopic (exact) mass is 348 g/mol. The minimum absolute atomic E-state index is 0.0901. The van der Waals surface area contributed by atoms with Crippen molar-refractivity contribution in [2.75, 3.05) is 26.8 Å². The number of benzene rings is 2. The molecule has 0 bridgehead atoms. The van der Waals surface area contributed by atoms with Gasteiger partial charge < -0.3 is 9.26 Å². The third-order valence-corrected chi connectivity index (χ3v) is 5.09. The summed E-state index contributed by atoms with van der Waals surface area (Å²) in [5.74, 6) is 1.12. The Balaban J connectivity index is 1.73. The maximum Gasteiger partial charge on any atom is 0.142 e. The molecule has 0 spiro atoms. The second-order valence-electron chi connectivity index (χ2n) is 6.74. The van der Waals surface area contributed by atoms with Gasteiger partial charge in [-0.2, -0.15) is 0 Å².